The normalized spacial score (nSPS) is 11.4. The molecule has 0 aliphatic carbocycles. The molecular weight excluding hydrogens is 318 g/mol. The summed E-state index contributed by atoms with van der Waals surface area (Å²) in [6.07, 6.45) is 6.35. The molecule has 98 valence electrons. The molecule has 1 aromatic heterocycles. The molecule has 1 aromatic rings. The summed E-state index contributed by atoms with van der Waals surface area (Å²) in [6, 6.07) is 2.76. The number of unbranched alkanes of at least 4 members (excludes halogenated alkanes) is 3. The van der Waals surface area contributed by atoms with E-state index in [1.54, 1.807) is 11.3 Å². The van der Waals surface area contributed by atoms with Crippen LogP contribution in [0.1, 0.15) is 44.4 Å². The molecule has 0 aliphatic heterocycles. The van der Waals surface area contributed by atoms with Crippen molar-refractivity contribution in [2.75, 3.05) is 6.54 Å². The van der Waals surface area contributed by atoms with Crippen molar-refractivity contribution in [1.29, 1.82) is 0 Å². The molecule has 0 radical (unpaired) electrons. The number of hydrogen-bond donors (Lipinski definition) is 1. The topological polar surface area (TPSA) is 12.0 Å². The van der Waals surface area contributed by atoms with Gasteiger partial charge in [0.15, 0.2) is 0 Å². The second-order valence-corrected chi connectivity index (χ2v) is 7.20. The van der Waals surface area contributed by atoms with E-state index in [1.165, 1.54) is 30.6 Å². The third-order valence-corrected chi connectivity index (χ3v) is 5.13. The van der Waals surface area contributed by atoms with Gasteiger partial charge in [0.1, 0.15) is 4.34 Å². The van der Waals surface area contributed by atoms with Crippen LogP contribution in [-0.2, 0) is 6.42 Å². The summed E-state index contributed by atoms with van der Waals surface area (Å²) in [5.74, 6) is 0. The number of thiophene rings is 1. The molecule has 1 heterocycles. The fourth-order valence-electron chi connectivity index (χ4n) is 1.68. The lowest BCUT2D eigenvalue weighted by atomic mass is 10.1. The molecule has 0 aliphatic rings. The maximum Gasteiger partial charge on any atom is 0.107 e. The van der Waals surface area contributed by atoms with Crippen molar-refractivity contribution < 1.29 is 0 Å². The second kappa shape index (κ2) is 8.52. The van der Waals surface area contributed by atoms with Gasteiger partial charge in [0.2, 0.25) is 0 Å². The van der Waals surface area contributed by atoms with E-state index in [2.05, 4.69) is 41.2 Å². The smallest absolute Gasteiger partial charge is 0.107 e. The van der Waals surface area contributed by atoms with E-state index in [0.717, 1.165) is 21.8 Å². The van der Waals surface area contributed by atoms with E-state index in [0.29, 0.717) is 6.04 Å². The van der Waals surface area contributed by atoms with Gasteiger partial charge >= 0.3 is 0 Å². The first-order chi connectivity index (χ1) is 8.09. The largest absolute Gasteiger partial charge is 0.315 e. The lowest BCUT2D eigenvalue weighted by Gasteiger charge is -2.07. The molecule has 0 atom stereocenters. The van der Waals surface area contributed by atoms with Crippen molar-refractivity contribution in [2.24, 2.45) is 0 Å². The van der Waals surface area contributed by atoms with E-state index >= 15 is 0 Å². The number of rotatable bonds is 8. The van der Waals surface area contributed by atoms with Gasteiger partial charge in [-0.05, 0) is 47.8 Å². The van der Waals surface area contributed by atoms with Gasteiger partial charge in [0.25, 0.3) is 0 Å². The van der Waals surface area contributed by atoms with Crippen LogP contribution in [0.15, 0.2) is 10.5 Å². The van der Waals surface area contributed by atoms with Crippen LogP contribution in [-0.4, -0.2) is 12.6 Å². The van der Waals surface area contributed by atoms with E-state index in [4.69, 9.17) is 11.6 Å². The summed E-state index contributed by atoms with van der Waals surface area (Å²) in [5, 5.41) is 3.44. The predicted molar refractivity (Wildman–Crippen MR) is 82.3 cm³/mol. The maximum absolute atomic E-state index is 6.00. The first kappa shape index (κ1) is 15.5. The van der Waals surface area contributed by atoms with Gasteiger partial charge in [-0.25, -0.2) is 0 Å². The van der Waals surface area contributed by atoms with Gasteiger partial charge in [-0.3, -0.25) is 0 Å². The summed E-state index contributed by atoms with van der Waals surface area (Å²) in [6.45, 7) is 5.53. The van der Waals surface area contributed by atoms with Crippen molar-refractivity contribution in [3.05, 3.63) is 19.8 Å². The average molecular weight is 339 g/mol. The van der Waals surface area contributed by atoms with Crippen LogP contribution in [0.3, 0.4) is 0 Å². The SMILES string of the molecule is CC(C)NCCCCCCc1cc(Br)c(Cl)s1. The lowest BCUT2D eigenvalue weighted by Crippen LogP contribution is -2.23. The van der Waals surface area contributed by atoms with Crippen molar-refractivity contribution >= 4 is 38.9 Å². The zero-order valence-electron chi connectivity index (χ0n) is 10.6. The number of nitrogens with one attached hydrogen (secondary N) is 1. The third kappa shape index (κ3) is 6.80. The summed E-state index contributed by atoms with van der Waals surface area (Å²) in [5.41, 5.74) is 0. The molecule has 1 nitrogen and oxygen atoms in total. The van der Waals surface area contributed by atoms with Crippen molar-refractivity contribution in [3.8, 4) is 0 Å². The molecule has 4 heteroatoms. The highest BCUT2D eigenvalue weighted by Gasteiger charge is 2.03. The Hall–Kier alpha value is 0.430. The Bertz CT molecular complexity index is 306. The molecular formula is C13H21BrClNS. The standard InChI is InChI=1S/C13H21BrClNS/c1-10(2)16-8-6-4-3-5-7-11-9-12(14)13(15)17-11/h9-10,16H,3-8H2,1-2H3. The van der Waals surface area contributed by atoms with Crippen LogP contribution < -0.4 is 5.32 Å². The van der Waals surface area contributed by atoms with Crippen LogP contribution in [0.2, 0.25) is 4.34 Å². The minimum atomic E-state index is 0.612. The molecule has 0 fully saturated rings. The molecule has 0 saturated carbocycles. The monoisotopic (exact) mass is 337 g/mol. The number of aryl methyl sites for hydroxylation is 1. The third-order valence-electron chi connectivity index (χ3n) is 2.60. The van der Waals surface area contributed by atoms with Gasteiger partial charge in [0, 0.05) is 15.4 Å². The molecule has 1 N–H and O–H groups in total. The van der Waals surface area contributed by atoms with E-state index < -0.39 is 0 Å². The summed E-state index contributed by atoms with van der Waals surface area (Å²) in [7, 11) is 0. The van der Waals surface area contributed by atoms with Crippen molar-refractivity contribution in [2.45, 2.75) is 52.0 Å². The van der Waals surface area contributed by atoms with E-state index in [-0.39, 0.29) is 0 Å². The molecule has 0 spiro atoms. The van der Waals surface area contributed by atoms with E-state index in [9.17, 15) is 0 Å². The van der Waals surface area contributed by atoms with Crippen LogP contribution in [0, 0.1) is 0 Å². The molecule has 1 rings (SSSR count). The summed E-state index contributed by atoms with van der Waals surface area (Å²) >= 11 is 11.1. The molecule has 0 aromatic carbocycles. The van der Waals surface area contributed by atoms with Gasteiger partial charge in [-0.15, -0.1) is 11.3 Å². The van der Waals surface area contributed by atoms with Crippen LogP contribution in [0.25, 0.3) is 0 Å². The first-order valence-corrected chi connectivity index (χ1v) is 8.25. The zero-order chi connectivity index (χ0) is 12.7. The van der Waals surface area contributed by atoms with Gasteiger partial charge in [0.05, 0.1) is 0 Å². The predicted octanol–water partition coefficient (Wildman–Crippen LogP) is 5.26. The summed E-state index contributed by atoms with van der Waals surface area (Å²) < 4.78 is 1.92. The van der Waals surface area contributed by atoms with Crippen molar-refractivity contribution in [1.82, 2.24) is 5.32 Å². The Morgan fingerprint density at radius 1 is 1.29 bits per heavy atom. The summed E-state index contributed by atoms with van der Waals surface area (Å²) in [4.78, 5) is 1.39. The van der Waals surface area contributed by atoms with Crippen molar-refractivity contribution in [3.63, 3.8) is 0 Å². The Balaban J connectivity index is 2.01. The fourth-order valence-corrected chi connectivity index (χ4v) is 3.52. The second-order valence-electron chi connectivity index (χ2n) is 4.61. The minimum Gasteiger partial charge on any atom is -0.315 e. The Morgan fingerprint density at radius 2 is 2.00 bits per heavy atom. The quantitative estimate of drug-likeness (QED) is 0.637. The Labute approximate surface area is 122 Å². The first-order valence-electron chi connectivity index (χ1n) is 6.26. The zero-order valence-corrected chi connectivity index (χ0v) is 13.7. The van der Waals surface area contributed by atoms with Gasteiger partial charge in [-0.1, -0.05) is 38.3 Å². The molecule has 0 saturated heterocycles. The van der Waals surface area contributed by atoms with Gasteiger partial charge in [-0.2, -0.15) is 0 Å². The molecule has 0 bridgehead atoms. The highest BCUT2D eigenvalue weighted by atomic mass is 79.9. The molecule has 0 amide bonds. The van der Waals surface area contributed by atoms with Gasteiger partial charge < -0.3 is 5.32 Å². The average Bonchev–Trinajstić information content (AvgIpc) is 2.56. The highest BCUT2D eigenvalue weighted by molar-refractivity contribution is 9.10. The minimum absolute atomic E-state index is 0.612. The Kier molecular flexibility index (Phi) is 7.76. The highest BCUT2D eigenvalue weighted by Crippen LogP contribution is 2.32. The number of halogens is 2. The maximum atomic E-state index is 6.00. The van der Waals surface area contributed by atoms with Crippen LogP contribution >= 0.6 is 38.9 Å². The Morgan fingerprint density at radius 3 is 2.59 bits per heavy atom. The van der Waals surface area contributed by atoms with Crippen LogP contribution in [0.4, 0.5) is 0 Å². The molecule has 17 heavy (non-hydrogen) atoms. The van der Waals surface area contributed by atoms with E-state index in [1.807, 2.05) is 0 Å². The fraction of sp³-hybridized carbons (Fsp3) is 0.692. The van der Waals surface area contributed by atoms with Crippen LogP contribution in [0.5, 0.6) is 0 Å². The number of hydrogen-bond acceptors (Lipinski definition) is 2. The molecule has 0 unspecified atom stereocenters. The lowest BCUT2D eigenvalue weighted by molar-refractivity contribution is 0.542.